The van der Waals surface area contributed by atoms with E-state index in [1.807, 2.05) is 0 Å². The smallest absolute Gasteiger partial charge is 0.00958 e. The topological polar surface area (TPSA) is 12.0 Å². The highest BCUT2D eigenvalue weighted by Crippen LogP contribution is 2.39. The molecule has 1 nitrogen and oxygen atoms in total. The number of nitrogens with one attached hydrogen (secondary N) is 1. The van der Waals surface area contributed by atoms with Gasteiger partial charge in [-0.1, -0.05) is 57.5 Å². The molecule has 1 fully saturated rings. The van der Waals surface area contributed by atoms with Gasteiger partial charge < -0.3 is 5.32 Å². The predicted molar refractivity (Wildman–Crippen MR) is 92.7 cm³/mol. The van der Waals surface area contributed by atoms with Gasteiger partial charge in [-0.2, -0.15) is 0 Å². The molecule has 1 aliphatic carbocycles. The maximum Gasteiger partial charge on any atom is 0.00958 e. The fourth-order valence-electron chi connectivity index (χ4n) is 3.83. The molecule has 2 rings (SSSR count). The minimum atomic E-state index is 0.749. The lowest BCUT2D eigenvalue weighted by Gasteiger charge is -2.38. The van der Waals surface area contributed by atoms with E-state index in [0.717, 1.165) is 23.8 Å². The zero-order valence-corrected chi connectivity index (χ0v) is 14.1. The average molecular weight is 287 g/mol. The van der Waals surface area contributed by atoms with Crippen molar-refractivity contribution < 1.29 is 0 Å². The number of hydrogen-bond acceptors (Lipinski definition) is 1. The third-order valence-electron chi connectivity index (χ3n) is 5.31. The molecule has 0 saturated heterocycles. The van der Waals surface area contributed by atoms with Crippen molar-refractivity contribution in [1.82, 2.24) is 5.32 Å². The molecular weight excluding hydrogens is 254 g/mol. The van der Waals surface area contributed by atoms with Crippen LogP contribution in [0.4, 0.5) is 0 Å². The largest absolute Gasteiger partial charge is 0.314 e. The minimum Gasteiger partial charge on any atom is -0.314 e. The zero-order chi connectivity index (χ0) is 15.1. The van der Waals surface area contributed by atoms with Crippen molar-refractivity contribution in [3.05, 3.63) is 35.9 Å². The summed E-state index contributed by atoms with van der Waals surface area (Å²) in [6, 6.07) is 11.9. The molecule has 0 heterocycles. The molecule has 0 aliphatic heterocycles. The Bertz CT molecular complexity index is 386. The van der Waals surface area contributed by atoms with Gasteiger partial charge in [-0.25, -0.2) is 0 Å². The first-order valence-electron chi connectivity index (χ1n) is 9.02. The Kier molecular flexibility index (Phi) is 6.76. The summed E-state index contributed by atoms with van der Waals surface area (Å²) >= 11 is 0. The van der Waals surface area contributed by atoms with Crippen LogP contribution in [0.15, 0.2) is 30.3 Å². The van der Waals surface area contributed by atoms with Crippen LogP contribution >= 0.6 is 0 Å². The van der Waals surface area contributed by atoms with E-state index < -0.39 is 0 Å². The monoisotopic (exact) mass is 287 g/mol. The second kappa shape index (κ2) is 8.58. The SMILES string of the molecule is CCCNC1CCC(c2ccccc2)CC1CC(C)CC. The van der Waals surface area contributed by atoms with Crippen molar-refractivity contribution in [3.8, 4) is 0 Å². The van der Waals surface area contributed by atoms with Crippen LogP contribution in [0.1, 0.15) is 70.8 Å². The number of benzene rings is 1. The molecule has 0 bridgehead atoms. The van der Waals surface area contributed by atoms with Crippen molar-refractivity contribution in [3.63, 3.8) is 0 Å². The van der Waals surface area contributed by atoms with Crippen molar-refractivity contribution in [1.29, 1.82) is 0 Å². The molecule has 1 N–H and O–H groups in total. The summed E-state index contributed by atoms with van der Waals surface area (Å²) in [6.45, 7) is 8.20. The molecular formula is C20H33N. The van der Waals surface area contributed by atoms with Crippen LogP contribution < -0.4 is 5.32 Å². The third-order valence-corrected chi connectivity index (χ3v) is 5.31. The molecule has 1 heteroatoms. The minimum absolute atomic E-state index is 0.749. The van der Waals surface area contributed by atoms with Gasteiger partial charge in [0.25, 0.3) is 0 Å². The van der Waals surface area contributed by atoms with Crippen LogP contribution in [0.25, 0.3) is 0 Å². The Morgan fingerprint density at radius 1 is 1.14 bits per heavy atom. The molecule has 1 aromatic rings. The second-order valence-electron chi connectivity index (χ2n) is 6.99. The van der Waals surface area contributed by atoms with Gasteiger partial charge in [0.2, 0.25) is 0 Å². The van der Waals surface area contributed by atoms with Crippen LogP contribution in [0.3, 0.4) is 0 Å². The lowest BCUT2D eigenvalue weighted by molar-refractivity contribution is 0.204. The summed E-state index contributed by atoms with van der Waals surface area (Å²) in [5.74, 6) is 2.49. The maximum absolute atomic E-state index is 3.82. The molecule has 0 radical (unpaired) electrons. The van der Waals surface area contributed by atoms with Crippen molar-refractivity contribution >= 4 is 0 Å². The molecule has 0 spiro atoms. The van der Waals surface area contributed by atoms with E-state index in [0.29, 0.717) is 0 Å². The molecule has 1 aliphatic rings. The highest BCUT2D eigenvalue weighted by molar-refractivity contribution is 5.20. The summed E-state index contributed by atoms with van der Waals surface area (Å²) in [4.78, 5) is 0. The molecule has 1 saturated carbocycles. The quantitative estimate of drug-likeness (QED) is 0.710. The summed E-state index contributed by atoms with van der Waals surface area (Å²) in [6.07, 6.45) is 8.02. The van der Waals surface area contributed by atoms with Gasteiger partial charge in [0, 0.05) is 6.04 Å². The van der Waals surface area contributed by atoms with Crippen molar-refractivity contribution in [2.24, 2.45) is 11.8 Å². The highest BCUT2D eigenvalue weighted by atomic mass is 14.9. The van der Waals surface area contributed by atoms with Gasteiger partial charge >= 0.3 is 0 Å². The molecule has 4 atom stereocenters. The van der Waals surface area contributed by atoms with E-state index in [2.05, 4.69) is 56.4 Å². The molecule has 1 aromatic carbocycles. The normalized spacial score (nSPS) is 27.5. The molecule has 21 heavy (non-hydrogen) atoms. The first kappa shape index (κ1) is 16.5. The summed E-state index contributed by atoms with van der Waals surface area (Å²) in [5, 5.41) is 3.82. The maximum atomic E-state index is 3.82. The lowest BCUT2D eigenvalue weighted by atomic mass is 9.72. The Hall–Kier alpha value is -0.820. The van der Waals surface area contributed by atoms with E-state index in [1.165, 1.54) is 45.1 Å². The van der Waals surface area contributed by atoms with Gasteiger partial charge in [0.15, 0.2) is 0 Å². The van der Waals surface area contributed by atoms with E-state index in [4.69, 9.17) is 0 Å². The Morgan fingerprint density at radius 3 is 2.57 bits per heavy atom. The van der Waals surface area contributed by atoms with Crippen LogP contribution in [0.5, 0.6) is 0 Å². The Balaban J connectivity index is 2.01. The lowest BCUT2D eigenvalue weighted by Crippen LogP contribution is -2.41. The second-order valence-corrected chi connectivity index (χ2v) is 6.99. The van der Waals surface area contributed by atoms with Crippen molar-refractivity contribution in [2.45, 2.75) is 71.3 Å². The van der Waals surface area contributed by atoms with E-state index in [-0.39, 0.29) is 0 Å². The number of rotatable bonds is 7. The van der Waals surface area contributed by atoms with Crippen LogP contribution in [-0.4, -0.2) is 12.6 Å². The standard InChI is InChI=1S/C20H33N/c1-4-13-21-20-12-11-18(17-9-7-6-8-10-17)15-19(20)14-16(3)5-2/h6-10,16,18-21H,4-5,11-15H2,1-3H3. The van der Waals surface area contributed by atoms with Gasteiger partial charge in [-0.3, -0.25) is 0 Å². The van der Waals surface area contributed by atoms with E-state index in [9.17, 15) is 0 Å². The third kappa shape index (κ3) is 4.85. The average Bonchev–Trinajstić information content (AvgIpc) is 2.54. The fraction of sp³-hybridized carbons (Fsp3) is 0.700. The summed E-state index contributed by atoms with van der Waals surface area (Å²) < 4.78 is 0. The Labute approximate surface area is 131 Å². The molecule has 118 valence electrons. The van der Waals surface area contributed by atoms with Gasteiger partial charge in [-0.15, -0.1) is 0 Å². The van der Waals surface area contributed by atoms with Crippen LogP contribution in [-0.2, 0) is 0 Å². The highest BCUT2D eigenvalue weighted by Gasteiger charge is 2.31. The van der Waals surface area contributed by atoms with Gasteiger partial charge in [0.05, 0.1) is 0 Å². The van der Waals surface area contributed by atoms with E-state index >= 15 is 0 Å². The predicted octanol–water partition coefficient (Wildman–Crippen LogP) is 5.37. The van der Waals surface area contributed by atoms with Crippen molar-refractivity contribution in [2.75, 3.05) is 6.54 Å². The van der Waals surface area contributed by atoms with E-state index in [1.54, 1.807) is 5.56 Å². The Morgan fingerprint density at radius 2 is 1.90 bits per heavy atom. The molecule has 0 aromatic heterocycles. The van der Waals surface area contributed by atoms with Crippen LogP contribution in [0, 0.1) is 11.8 Å². The summed E-state index contributed by atoms with van der Waals surface area (Å²) in [7, 11) is 0. The van der Waals surface area contributed by atoms with Crippen LogP contribution in [0.2, 0.25) is 0 Å². The molecule has 0 amide bonds. The fourth-order valence-corrected chi connectivity index (χ4v) is 3.83. The first-order valence-corrected chi connectivity index (χ1v) is 9.02. The molecule has 4 unspecified atom stereocenters. The van der Waals surface area contributed by atoms with Gasteiger partial charge in [0.1, 0.15) is 0 Å². The summed E-state index contributed by atoms with van der Waals surface area (Å²) in [5.41, 5.74) is 1.56. The first-order chi connectivity index (χ1) is 10.2. The number of hydrogen-bond donors (Lipinski definition) is 1. The van der Waals surface area contributed by atoms with Gasteiger partial charge in [-0.05, 0) is 62.0 Å². The zero-order valence-electron chi connectivity index (χ0n) is 14.1.